The van der Waals surface area contributed by atoms with E-state index in [0.717, 1.165) is 0 Å². The molecule has 0 aromatic rings. The first-order chi connectivity index (χ1) is 3.13. The molecule has 0 aliphatic heterocycles. The first kappa shape index (κ1) is 7.61. The van der Waals surface area contributed by atoms with Crippen LogP contribution in [0.5, 0.6) is 0 Å². The van der Waals surface area contributed by atoms with Crippen molar-refractivity contribution in [2.45, 2.75) is 11.8 Å². The molecule has 0 aromatic heterocycles. The Bertz CT molecular complexity index is 71.0. The summed E-state index contributed by atoms with van der Waals surface area (Å²) in [5.74, 6) is 0. The maximum Gasteiger partial charge on any atom is 0.127 e. The first-order valence-electron chi connectivity index (χ1n) is 1.75. The fraction of sp³-hybridized carbons (Fsp3) is 0.500. The van der Waals surface area contributed by atoms with Crippen LogP contribution in [0.15, 0.2) is 11.1 Å². The number of rotatable bonds is 1. The third kappa shape index (κ3) is 6.61. The van der Waals surface area contributed by atoms with E-state index in [1.54, 1.807) is 13.0 Å². The van der Waals surface area contributed by atoms with Gasteiger partial charge in [0.1, 0.15) is 4.84 Å². The van der Waals surface area contributed by atoms with Crippen LogP contribution in [0.25, 0.3) is 0 Å². The summed E-state index contributed by atoms with van der Waals surface area (Å²) in [4.78, 5) is -0.475. The summed E-state index contributed by atoms with van der Waals surface area (Å²) >= 11 is 15.9. The van der Waals surface area contributed by atoms with E-state index in [-0.39, 0.29) is 0 Å². The number of hydrogen-bond acceptors (Lipinski definition) is 0. The van der Waals surface area contributed by atoms with E-state index in [0.29, 0.717) is 5.03 Å². The van der Waals surface area contributed by atoms with Gasteiger partial charge in [0.15, 0.2) is 0 Å². The standard InChI is InChI=1S/C4H5Cl3/c1-3(5)2-4(6)7/h2,4H,1H3. The van der Waals surface area contributed by atoms with Gasteiger partial charge in [-0.1, -0.05) is 11.6 Å². The Morgan fingerprint density at radius 2 is 2.00 bits per heavy atom. The average Bonchev–Trinajstić information content (AvgIpc) is 1.27. The Kier molecular flexibility index (Phi) is 3.91. The molecule has 0 heterocycles. The minimum atomic E-state index is -0.475. The molecule has 0 bridgehead atoms. The van der Waals surface area contributed by atoms with Crippen LogP contribution in [0.2, 0.25) is 0 Å². The molecule has 0 nitrogen and oxygen atoms in total. The molecule has 0 spiro atoms. The Labute approximate surface area is 58.1 Å². The summed E-state index contributed by atoms with van der Waals surface area (Å²) in [5.41, 5.74) is 0. The molecule has 0 radical (unpaired) electrons. The Morgan fingerprint density at radius 1 is 1.57 bits per heavy atom. The Morgan fingerprint density at radius 3 is 2.00 bits per heavy atom. The van der Waals surface area contributed by atoms with Gasteiger partial charge in [-0.25, -0.2) is 0 Å². The second kappa shape index (κ2) is 3.59. The lowest BCUT2D eigenvalue weighted by Crippen LogP contribution is -1.75. The highest BCUT2D eigenvalue weighted by Gasteiger charge is 1.89. The van der Waals surface area contributed by atoms with Crippen molar-refractivity contribution < 1.29 is 0 Å². The second-order valence-electron chi connectivity index (χ2n) is 1.09. The van der Waals surface area contributed by atoms with Crippen molar-refractivity contribution in [3.8, 4) is 0 Å². The van der Waals surface area contributed by atoms with E-state index in [2.05, 4.69) is 0 Å². The van der Waals surface area contributed by atoms with E-state index < -0.39 is 4.84 Å². The zero-order chi connectivity index (χ0) is 5.86. The number of halogens is 3. The molecule has 0 saturated carbocycles. The van der Waals surface area contributed by atoms with Crippen LogP contribution in [-0.4, -0.2) is 4.84 Å². The summed E-state index contributed by atoms with van der Waals surface area (Å²) in [7, 11) is 0. The first-order valence-corrected chi connectivity index (χ1v) is 3.00. The summed E-state index contributed by atoms with van der Waals surface area (Å²) in [6, 6.07) is 0. The molecular weight excluding hydrogens is 154 g/mol. The summed E-state index contributed by atoms with van der Waals surface area (Å²) < 4.78 is 0. The van der Waals surface area contributed by atoms with Crippen LogP contribution < -0.4 is 0 Å². The number of allylic oxidation sites excluding steroid dienone is 2. The monoisotopic (exact) mass is 158 g/mol. The second-order valence-corrected chi connectivity index (χ2v) is 2.85. The Balaban J connectivity index is 3.45. The summed E-state index contributed by atoms with van der Waals surface area (Å²) in [6.45, 7) is 1.72. The predicted molar refractivity (Wildman–Crippen MR) is 35.1 cm³/mol. The highest BCUT2D eigenvalue weighted by atomic mass is 35.5. The van der Waals surface area contributed by atoms with Gasteiger partial charge in [0.2, 0.25) is 0 Å². The summed E-state index contributed by atoms with van der Waals surface area (Å²) in [6.07, 6.45) is 1.55. The quantitative estimate of drug-likeness (QED) is 0.516. The van der Waals surface area contributed by atoms with Gasteiger partial charge in [-0.2, -0.15) is 0 Å². The number of hydrogen-bond donors (Lipinski definition) is 0. The molecule has 0 rings (SSSR count). The van der Waals surface area contributed by atoms with Crippen molar-refractivity contribution in [2.24, 2.45) is 0 Å². The Hall–Kier alpha value is 0.610. The fourth-order valence-electron chi connectivity index (χ4n) is 0.174. The van der Waals surface area contributed by atoms with Crippen molar-refractivity contribution in [2.75, 3.05) is 0 Å². The zero-order valence-electron chi connectivity index (χ0n) is 3.79. The van der Waals surface area contributed by atoms with Crippen LogP contribution in [0.1, 0.15) is 6.92 Å². The van der Waals surface area contributed by atoms with E-state index in [1.165, 1.54) is 0 Å². The SMILES string of the molecule is CC(Cl)=CC(Cl)Cl. The highest BCUT2D eigenvalue weighted by Crippen LogP contribution is 2.08. The lowest BCUT2D eigenvalue weighted by Gasteiger charge is -1.86. The van der Waals surface area contributed by atoms with Crippen molar-refractivity contribution in [3.63, 3.8) is 0 Å². The van der Waals surface area contributed by atoms with E-state index >= 15 is 0 Å². The van der Waals surface area contributed by atoms with E-state index in [1.807, 2.05) is 0 Å². The van der Waals surface area contributed by atoms with Gasteiger partial charge in [-0.05, 0) is 13.0 Å². The lowest BCUT2D eigenvalue weighted by atomic mass is 10.6. The lowest BCUT2D eigenvalue weighted by molar-refractivity contribution is 1.52. The molecule has 0 aliphatic rings. The summed E-state index contributed by atoms with van der Waals surface area (Å²) in [5, 5.41) is 0.620. The maximum absolute atomic E-state index is 5.36. The van der Waals surface area contributed by atoms with Gasteiger partial charge in [0, 0.05) is 5.03 Å². The minimum Gasteiger partial charge on any atom is -0.101 e. The molecule has 0 saturated heterocycles. The number of alkyl halides is 2. The fourth-order valence-corrected chi connectivity index (χ4v) is 0.807. The smallest absolute Gasteiger partial charge is 0.101 e. The molecule has 0 aromatic carbocycles. The zero-order valence-corrected chi connectivity index (χ0v) is 6.06. The van der Waals surface area contributed by atoms with Gasteiger partial charge >= 0.3 is 0 Å². The van der Waals surface area contributed by atoms with E-state index in [9.17, 15) is 0 Å². The van der Waals surface area contributed by atoms with Gasteiger partial charge in [0.25, 0.3) is 0 Å². The minimum absolute atomic E-state index is 0.475. The van der Waals surface area contributed by atoms with E-state index in [4.69, 9.17) is 34.8 Å². The highest BCUT2D eigenvalue weighted by molar-refractivity contribution is 6.46. The molecule has 0 amide bonds. The van der Waals surface area contributed by atoms with Crippen molar-refractivity contribution in [1.29, 1.82) is 0 Å². The molecule has 7 heavy (non-hydrogen) atoms. The molecular formula is C4H5Cl3. The normalized spacial score (nSPS) is 13.0. The van der Waals surface area contributed by atoms with Crippen molar-refractivity contribution in [3.05, 3.63) is 11.1 Å². The third-order valence-electron chi connectivity index (χ3n) is 0.356. The molecule has 0 N–H and O–H groups in total. The molecule has 42 valence electrons. The van der Waals surface area contributed by atoms with Gasteiger partial charge in [-0.3, -0.25) is 0 Å². The average molecular weight is 159 g/mol. The third-order valence-corrected chi connectivity index (χ3v) is 0.734. The van der Waals surface area contributed by atoms with Crippen molar-refractivity contribution in [1.82, 2.24) is 0 Å². The topological polar surface area (TPSA) is 0 Å². The predicted octanol–water partition coefficient (Wildman–Crippen LogP) is 2.93. The van der Waals surface area contributed by atoms with Gasteiger partial charge < -0.3 is 0 Å². The van der Waals surface area contributed by atoms with Gasteiger partial charge in [0.05, 0.1) is 0 Å². The molecule has 0 aliphatic carbocycles. The largest absolute Gasteiger partial charge is 0.127 e. The van der Waals surface area contributed by atoms with Crippen LogP contribution in [-0.2, 0) is 0 Å². The van der Waals surface area contributed by atoms with Crippen LogP contribution in [0.4, 0.5) is 0 Å². The van der Waals surface area contributed by atoms with Crippen LogP contribution >= 0.6 is 34.8 Å². The van der Waals surface area contributed by atoms with Gasteiger partial charge in [-0.15, -0.1) is 23.2 Å². The van der Waals surface area contributed by atoms with Crippen molar-refractivity contribution >= 4 is 34.8 Å². The molecule has 0 fully saturated rings. The van der Waals surface area contributed by atoms with Crippen LogP contribution in [0, 0.1) is 0 Å². The molecule has 3 heteroatoms. The molecule has 0 atom stereocenters. The molecule has 0 unspecified atom stereocenters. The van der Waals surface area contributed by atoms with Crippen LogP contribution in [0.3, 0.4) is 0 Å². The maximum atomic E-state index is 5.36.